The topological polar surface area (TPSA) is 313 Å². The van der Waals surface area contributed by atoms with Crippen LogP contribution in [0.3, 0.4) is 0 Å². The third kappa shape index (κ3) is 37.2. The molecule has 3 aromatic carbocycles. The molecule has 536 valence electrons. The third-order valence-electron chi connectivity index (χ3n) is 15.6. The second-order valence-electron chi connectivity index (χ2n) is 23.6. The number of carbonyl (C=O) groups is 2. The average Bonchev–Trinajstić information content (AvgIpc) is 0.751. The number of hydrogen-bond donors (Lipinski definition) is 4. The summed E-state index contributed by atoms with van der Waals surface area (Å²) in [4.78, 5) is 73.1. The second-order valence-corrected chi connectivity index (χ2v) is 29.2. The van der Waals surface area contributed by atoms with E-state index in [1.807, 2.05) is 0 Å². The van der Waals surface area contributed by atoms with Crippen LogP contribution in [0.5, 0.6) is 0 Å². The normalized spacial score (nSPS) is 20.3. The van der Waals surface area contributed by atoms with E-state index >= 15 is 0 Å². The van der Waals surface area contributed by atoms with Gasteiger partial charge in [0.05, 0.1) is 26.4 Å². The average molecular weight is 1410 g/mol. The van der Waals surface area contributed by atoms with E-state index in [1.54, 1.807) is 91.0 Å². The van der Waals surface area contributed by atoms with Gasteiger partial charge in [-0.15, -0.1) is 0 Å². The smallest absolute Gasteiger partial charge is 0.462 e. The number of unbranched alkanes of at least 4 members (excludes halogenated alkanes) is 24. The highest BCUT2D eigenvalue weighted by Gasteiger charge is 2.61. The third-order valence-corrected chi connectivity index (χ3v) is 19.4. The van der Waals surface area contributed by atoms with Crippen molar-refractivity contribution in [3.63, 3.8) is 0 Å². The van der Waals surface area contributed by atoms with Crippen LogP contribution in [0, 0.1) is 0 Å². The van der Waals surface area contributed by atoms with Crippen molar-refractivity contribution in [1.82, 2.24) is 0 Å². The van der Waals surface area contributed by atoms with Crippen molar-refractivity contribution in [3.8, 4) is 0 Å². The number of hydrogen-bond acceptors (Lipinski definition) is 20. The molecule has 94 heavy (non-hydrogen) atoms. The molecule has 0 heterocycles. The maximum absolute atomic E-state index is 14.7. The molecule has 4 N–H and O–H groups in total. The van der Waals surface area contributed by atoms with Gasteiger partial charge in [0, 0.05) is 27.1 Å². The minimum Gasteiger partial charge on any atom is -0.462 e. The molecule has 0 radical (unpaired) electrons. The largest absolute Gasteiger partial charge is 0.472 e. The van der Waals surface area contributed by atoms with Crippen LogP contribution < -0.4 is 0 Å². The van der Waals surface area contributed by atoms with E-state index in [0.717, 1.165) is 57.8 Å². The van der Waals surface area contributed by atoms with Crippen molar-refractivity contribution in [2.24, 2.45) is 0 Å². The zero-order valence-corrected chi connectivity index (χ0v) is 59.3. The maximum atomic E-state index is 14.7. The van der Waals surface area contributed by atoms with E-state index in [4.69, 9.17) is 64.6 Å². The number of esters is 2. The van der Waals surface area contributed by atoms with Crippen LogP contribution in [0.15, 0.2) is 91.0 Å². The molecule has 0 saturated heterocycles. The summed E-state index contributed by atoms with van der Waals surface area (Å²) in [7, 11) is -19.9. The maximum Gasteiger partial charge on any atom is 0.472 e. The molecular weight excluding hydrogens is 1300 g/mol. The van der Waals surface area contributed by atoms with Crippen LogP contribution in [-0.2, 0) is 112 Å². The van der Waals surface area contributed by atoms with Gasteiger partial charge < -0.3 is 48.0 Å². The first-order valence-corrected chi connectivity index (χ1v) is 39.6. The molecule has 28 heteroatoms. The molecule has 0 bridgehead atoms. The molecule has 1 fully saturated rings. The van der Waals surface area contributed by atoms with E-state index in [9.17, 15) is 47.4 Å². The van der Waals surface area contributed by atoms with Crippen molar-refractivity contribution < 1.29 is 112 Å². The summed E-state index contributed by atoms with van der Waals surface area (Å²) in [6.07, 6.45) is 13.3. The predicted octanol–water partition coefficient (Wildman–Crippen LogP) is 16.0. The van der Waals surface area contributed by atoms with Gasteiger partial charge in [0.2, 0.25) is 0 Å². The molecule has 3 aromatic rings. The van der Waals surface area contributed by atoms with Gasteiger partial charge in [0.15, 0.2) is 6.10 Å². The van der Waals surface area contributed by atoms with Crippen LogP contribution in [0.2, 0.25) is 0 Å². The van der Waals surface area contributed by atoms with E-state index in [-0.39, 0.29) is 12.8 Å². The minimum atomic E-state index is -5.69. The van der Waals surface area contributed by atoms with Crippen LogP contribution in [0.25, 0.3) is 0 Å². The summed E-state index contributed by atoms with van der Waals surface area (Å²) in [6.45, 7) is -0.344. The Morgan fingerprint density at radius 3 is 0.968 bits per heavy atom. The number of phosphoric acid groups is 4. The standard InChI is InChI=1S/C66H108O24P4/c1-5-7-9-11-13-15-17-19-21-23-25-27-38-46-59(67)79-51-58(86-60(68)47-39-28-26-24-22-20-18-16-14-12-10-8-6-2)52-85-94(75,76)87-63-61(80-53-77-3)64(88-91(69,70)82-48-55-40-32-29-33-41-55)66(90-93(73,74)84-50-57-44-36-31-37-45-57)65(62(63)81-54-78-4)89-92(71,72)83-49-56-42-34-30-35-43-56/h29-37,40-45,58,61-66H,5-28,38-39,46-54H2,1-4H3,(H,69,70)(H,71,72)(H,73,74)(H,75,76)/t58-,61+,62+,63?,64-,65+,66?/m1/s1. The van der Waals surface area contributed by atoms with Crippen LogP contribution in [-0.4, -0.2) is 115 Å². The van der Waals surface area contributed by atoms with E-state index in [2.05, 4.69) is 13.8 Å². The van der Waals surface area contributed by atoms with Crippen molar-refractivity contribution >= 4 is 43.2 Å². The Balaban J connectivity index is 1.63. The number of rotatable bonds is 57. The first-order chi connectivity index (χ1) is 45.3. The van der Waals surface area contributed by atoms with E-state index in [0.29, 0.717) is 29.5 Å². The van der Waals surface area contributed by atoms with Gasteiger partial charge in [-0.2, -0.15) is 0 Å². The molecule has 24 nitrogen and oxygen atoms in total. The van der Waals surface area contributed by atoms with E-state index < -0.39 is 133 Å². The summed E-state index contributed by atoms with van der Waals surface area (Å²) in [5.41, 5.74) is 1.16. The molecule has 0 spiro atoms. The summed E-state index contributed by atoms with van der Waals surface area (Å²) < 4.78 is 136. The molecule has 0 aliphatic heterocycles. The van der Waals surface area contributed by atoms with Gasteiger partial charge in [-0.1, -0.05) is 259 Å². The monoisotopic (exact) mass is 1410 g/mol. The molecule has 6 unspecified atom stereocenters. The van der Waals surface area contributed by atoms with Crippen LogP contribution >= 0.6 is 31.3 Å². The second kappa shape index (κ2) is 48.6. The first kappa shape index (κ1) is 83.3. The van der Waals surface area contributed by atoms with Gasteiger partial charge in [0.1, 0.15) is 56.8 Å². The fourth-order valence-electron chi connectivity index (χ4n) is 10.6. The Morgan fingerprint density at radius 2 is 0.649 bits per heavy atom. The Kier molecular flexibility index (Phi) is 43.1. The van der Waals surface area contributed by atoms with Crippen LogP contribution in [0.1, 0.15) is 210 Å². The minimum absolute atomic E-state index is 0.0226. The van der Waals surface area contributed by atoms with Crippen LogP contribution in [0.4, 0.5) is 0 Å². The summed E-state index contributed by atoms with van der Waals surface area (Å²) in [6, 6.07) is 24.2. The Morgan fingerprint density at radius 1 is 0.372 bits per heavy atom. The molecule has 1 saturated carbocycles. The molecule has 11 atom stereocenters. The van der Waals surface area contributed by atoms with Crippen molar-refractivity contribution in [2.45, 2.75) is 256 Å². The molecule has 0 amide bonds. The predicted molar refractivity (Wildman–Crippen MR) is 353 cm³/mol. The number of ether oxygens (including phenoxy) is 6. The SMILES string of the molecule is CCCCCCCCCCCCCCCC(=O)OC[C@H](COP(=O)(O)OC1[C@H](OCOC)[C@H](OP(=O)(O)OCc2ccccc2)C(OP(=O)(O)OCc2ccccc2)[C@H](OP(=O)(O)OCc2ccccc2)[C@H]1OCOC)OC(=O)CCCCCCCCCCCCCCC. The van der Waals surface area contributed by atoms with Crippen molar-refractivity contribution in [1.29, 1.82) is 0 Å². The molecular formula is C66H108O24P4. The van der Waals surface area contributed by atoms with Gasteiger partial charge >= 0.3 is 43.2 Å². The quantitative estimate of drug-likeness (QED) is 0.0177. The van der Waals surface area contributed by atoms with E-state index in [1.165, 1.54) is 111 Å². The fraction of sp³-hybridized carbons (Fsp3) is 0.697. The lowest BCUT2D eigenvalue weighted by Crippen LogP contribution is -2.67. The lowest BCUT2D eigenvalue weighted by Gasteiger charge is -2.49. The highest BCUT2D eigenvalue weighted by Crippen LogP contribution is 2.58. The Bertz CT molecular complexity index is 2560. The van der Waals surface area contributed by atoms with Gasteiger partial charge in [-0.05, 0) is 29.5 Å². The number of methoxy groups -OCH3 is 2. The highest BCUT2D eigenvalue weighted by atomic mass is 31.2. The van der Waals surface area contributed by atoms with Gasteiger partial charge in [0.25, 0.3) is 0 Å². The Labute approximate surface area is 557 Å². The molecule has 0 aromatic heterocycles. The van der Waals surface area contributed by atoms with Crippen molar-refractivity contribution in [3.05, 3.63) is 108 Å². The number of benzene rings is 3. The molecule has 1 aliphatic carbocycles. The van der Waals surface area contributed by atoms with Gasteiger partial charge in [-0.3, -0.25) is 45.8 Å². The lowest BCUT2D eigenvalue weighted by atomic mass is 9.84. The summed E-state index contributed by atoms with van der Waals surface area (Å²) >= 11 is 0. The first-order valence-electron chi connectivity index (χ1n) is 33.6. The number of phosphoric ester groups is 4. The Hall–Kier alpha value is -3.12. The zero-order chi connectivity index (χ0) is 68.2. The summed E-state index contributed by atoms with van der Waals surface area (Å²) in [5.74, 6) is -1.30. The van der Waals surface area contributed by atoms with Crippen molar-refractivity contribution in [2.75, 3.05) is 41.0 Å². The lowest BCUT2D eigenvalue weighted by molar-refractivity contribution is -0.258. The number of carbonyl (C=O) groups excluding carboxylic acids is 2. The molecule has 1 aliphatic rings. The van der Waals surface area contributed by atoms with Gasteiger partial charge in [-0.25, -0.2) is 18.3 Å². The fourth-order valence-corrected chi connectivity index (χ4v) is 14.3. The zero-order valence-electron chi connectivity index (χ0n) is 55.7. The molecule has 4 rings (SSSR count). The summed E-state index contributed by atoms with van der Waals surface area (Å²) in [5, 5.41) is 0. The highest BCUT2D eigenvalue weighted by molar-refractivity contribution is 7.48.